The minimum absolute atomic E-state index is 0.178. The van der Waals surface area contributed by atoms with Crippen molar-refractivity contribution in [2.45, 2.75) is 43.6 Å². The van der Waals surface area contributed by atoms with Gasteiger partial charge >= 0.3 is 0 Å². The van der Waals surface area contributed by atoms with E-state index >= 15 is 0 Å². The van der Waals surface area contributed by atoms with E-state index in [1.54, 1.807) is 16.4 Å². The van der Waals surface area contributed by atoms with Crippen LogP contribution in [-0.2, 0) is 10.0 Å². The summed E-state index contributed by atoms with van der Waals surface area (Å²) in [7, 11) is -5.14. The Morgan fingerprint density at radius 1 is 1.27 bits per heavy atom. The summed E-state index contributed by atoms with van der Waals surface area (Å²) in [4.78, 5) is 0.358. The van der Waals surface area contributed by atoms with Gasteiger partial charge in [0.2, 0.25) is 10.0 Å². The fraction of sp³-hybridized carbons (Fsp3) is 0.625. The molecule has 6 heteroatoms. The number of nitrogens with zero attached hydrogens (tertiary/aromatic N) is 1. The van der Waals surface area contributed by atoms with Crippen LogP contribution in [0.5, 0.6) is 0 Å². The predicted octanol–water partition coefficient (Wildman–Crippen LogP) is 2.24. The largest absolute Gasteiger partial charge is 0.396 e. The predicted molar refractivity (Wildman–Crippen MR) is 89.8 cm³/mol. The number of rotatable bonds is 4. The van der Waals surface area contributed by atoms with Gasteiger partial charge in [0, 0.05) is 18.5 Å². The Hall–Kier alpha value is -0.693. The quantitative estimate of drug-likeness (QED) is 0.856. The lowest BCUT2D eigenvalue weighted by molar-refractivity contribution is 0.153. The number of benzene rings is 1. The fourth-order valence-corrected chi connectivity index (χ4v) is 7.54. The summed E-state index contributed by atoms with van der Waals surface area (Å²) >= 11 is 0. The van der Waals surface area contributed by atoms with E-state index in [1.165, 1.54) is 0 Å². The molecule has 0 amide bonds. The van der Waals surface area contributed by atoms with E-state index in [4.69, 9.17) is 0 Å². The zero-order valence-corrected chi connectivity index (χ0v) is 15.5. The van der Waals surface area contributed by atoms with E-state index in [9.17, 15) is 13.5 Å². The first-order chi connectivity index (χ1) is 10.1. The molecule has 1 heterocycles. The molecule has 0 aromatic heterocycles. The minimum atomic E-state index is -3.44. The van der Waals surface area contributed by atoms with Gasteiger partial charge in [-0.05, 0) is 31.4 Å². The fourth-order valence-electron chi connectivity index (χ4n) is 3.80. The SMILES string of the molecule is Cc1ccc(S(=O)(=O)N2C[C@H]3C[C@@]3([C@@H](O)[Si](C)(C)C)C2)cc1. The van der Waals surface area contributed by atoms with Crippen LogP contribution in [0.25, 0.3) is 0 Å². The Morgan fingerprint density at radius 3 is 2.41 bits per heavy atom. The van der Waals surface area contributed by atoms with Crippen LogP contribution in [0.2, 0.25) is 19.6 Å². The van der Waals surface area contributed by atoms with Crippen LogP contribution in [0, 0.1) is 18.3 Å². The number of aliphatic hydroxyl groups is 1. The van der Waals surface area contributed by atoms with Gasteiger partial charge in [0.15, 0.2) is 0 Å². The van der Waals surface area contributed by atoms with E-state index in [1.807, 2.05) is 19.1 Å². The third-order valence-corrected chi connectivity index (χ3v) is 9.24. The van der Waals surface area contributed by atoms with Crippen molar-refractivity contribution in [3.8, 4) is 0 Å². The van der Waals surface area contributed by atoms with Gasteiger partial charge in [-0.15, -0.1) is 0 Å². The van der Waals surface area contributed by atoms with E-state index < -0.39 is 18.1 Å². The first kappa shape index (κ1) is 16.2. The topological polar surface area (TPSA) is 57.6 Å². The maximum Gasteiger partial charge on any atom is 0.243 e. The summed E-state index contributed by atoms with van der Waals surface area (Å²) in [6, 6.07) is 7.01. The molecule has 1 saturated carbocycles. The molecule has 1 aromatic carbocycles. The lowest BCUT2D eigenvalue weighted by Crippen LogP contribution is -2.47. The molecule has 2 fully saturated rings. The number of hydrogen-bond acceptors (Lipinski definition) is 3. The molecule has 1 N–H and O–H groups in total. The van der Waals surface area contributed by atoms with Gasteiger partial charge in [0.25, 0.3) is 0 Å². The van der Waals surface area contributed by atoms with Crippen LogP contribution in [0.3, 0.4) is 0 Å². The molecule has 1 aromatic rings. The second-order valence-corrected chi connectivity index (χ2v) is 15.2. The highest BCUT2D eigenvalue weighted by Gasteiger charge is 2.67. The summed E-state index contributed by atoms with van der Waals surface area (Å²) < 4.78 is 27.1. The highest BCUT2D eigenvalue weighted by Crippen LogP contribution is 2.62. The molecular formula is C16H25NO3SSi. The van der Waals surface area contributed by atoms with Crippen LogP contribution in [0.15, 0.2) is 29.2 Å². The first-order valence-corrected chi connectivity index (χ1v) is 12.8. The van der Waals surface area contributed by atoms with Crippen molar-refractivity contribution in [2.75, 3.05) is 13.1 Å². The standard InChI is InChI=1S/C16H25NO3SSi/c1-12-5-7-14(8-6-12)21(19,20)17-10-13-9-16(13,11-17)15(18)22(2,3)4/h5-8,13,15,18H,9-11H2,1-4H3/t13-,15+,16-/m1/s1. The van der Waals surface area contributed by atoms with Gasteiger partial charge in [0.05, 0.1) is 18.7 Å². The van der Waals surface area contributed by atoms with Crippen molar-refractivity contribution in [2.24, 2.45) is 11.3 Å². The average molecular weight is 340 g/mol. The summed E-state index contributed by atoms with van der Waals surface area (Å²) in [6.45, 7) is 9.43. The van der Waals surface area contributed by atoms with Crippen molar-refractivity contribution in [3.05, 3.63) is 29.8 Å². The molecule has 2 aliphatic rings. The summed E-state index contributed by atoms with van der Waals surface area (Å²) in [5.74, 6) is 0.328. The normalized spacial score (nSPS) is 30.1. The lowest BCUT2D eigenvalue weighted by Gasteiger charge is -2.32. The van der Waals surface area contributed by atoms with Crippen LogP contribution in [-0.4, -0.2) is 44.7 Å². The third-order valence-electron chi connectivity index (χ3n) is 5.20. The van der Waals surface area contributed by atoms with Crippen LogP contribution >= 0.6 is 0 Å². The van der Waals surface area contributed by atoms with Gasteiger partial charge < -0.3 is 5.11 Å². The minimum Gasteiger partial charge on any atom is -0.396 e. The van der Waals surface area contributed by atoms with Gasteiger partial charge in [-0.25, -0.2) is 8.42 Å². The molecule has 1 saturated heterocycles. The number of hydrogen-bond donors (Lipinski definition) is 1. The molecular weight excluding hydrogens is 314 g/mol. The number of aryl methyl sites for hydroxylation is 1. The Labute approximate surface area is 134 Å². The molecule has 0 radical (unpaired) electrons. The third kappa shape index (κ3) is 2.46. The maximum absolute atomic E-state index is 12.8. The van der Waals surface area contributed by atoms with Crippen molar-refractivity contribution < 1.29 is 13.5 Å². The highest BCUT2D eigenvalue weighted by atomic mass is 32.2. The molecule has 3 atom stereocenters. The van der Waals surface area contributed by atoms with Crippen LogP contribution < -0.4 is 0 Å². The monoisotopic (exact) mass is 339 g/mol. The maximum atomic E-state index is 12.8. The molecule has 0 bridgehead atoms. The van der Waals surface area contributed by atoms with Gasteiger partial charge in [-0.2, -0.15) is 4.31 Å². The summed E-state index contributed by atoms with van der Waals surface area (Å²) in [6.07, 6.45) is 0.971. The second kappa shape index (κ2) is 4.90. The summed E-state index contributed by atoms with van der Waals surface area (Å²) in [5, 5.41) is 10.7. The van der Waals surface area contributed by atoms with E-state index in [0.717, 1.165) is 12.0 Å². The van der Waals surface area contributed by atoms with Crippen molar-refractivity contribution in [3.63, 3.8) is 0 Å². The van der Waals surface area contributed by atoms with Gasteiger partial charge in [-0.3, -0.25) is 0 Å². The Bertz CT molecular complexity index is 680. The van der Waals surface area contributed by atoms with Gasteiger partial charge in [-0.1, -0.05) is 37.3 Å². The zero-order valence-electron chi connectivity index (χ0n) is 13.7. The molecule has 0 unspecified atom stereocenters. The smallest absolute Gasteiger partial charge is 0.243 e. The molecule has 0 spiro atoms. The molecule has 1 aliphatic heterocycles. The number of sulfonamides is 1. The highest BCUT2D eigenvalue weighted by molar-refractivity contribution is 7.89. The first-order valence-electron chi connectivity index (χ1n) is 7.82. The van der Waals surface area contributed by atoms with Crippen molar-refractivity contribution in [1.82, 2.24) is 4.31 Å². The Balaban J connectivity index is 1.83. The summed E-state index contributed by atoms with van der Waals surface area (Å²) in [5.41, 5.74) is 0.541. The van der Waals surface area contributed by atoms with Crippen LogP contribution in [0.1, 0.15) is 12.0 Å². The van der Waals surface area contributed by atoms with Crippen LogP contribution in [0.4, 0.5) is 0 Å². The zero-order chi connectivity index (χ0) is 16.3. The lowest BCUT2D eigenvalue weighted by atomic mass is 10.1. The van der Waals surface area contributed by atoms with E-state index in [2.05, 4.69) is 19.6 Å². The average Bonchev–Trinajstić information content (AvgIpc) is 2.99. The molecule has 1 aliphatic carbocycles. The van der Waals surface area contributed by atoms with Crippen molar-refractivity contribution in [1.29, 1.82) is 0 Å². The van der Waals surface area contributed by atoms with E-state index in [-0.39, 0.29) is 11.1 Å². The Kier molecular flexibility index (Phi) is 3.60. The Morgan fingerprint density at radius 2 is 1.86 bits per heavy atom. The second-order valence-electron chi connectivity index (χ2n) is 8.01. The molecule has 3 rings (SSSR count). The number of aliphatic hydroxyl groups excluding tert-OH is 1. The number of fused-ring (bicyclic) bond motifs is 1. The molecule has 22 heavy (non-hydrogen) atoms. The van der Waals surface area contributed by atoms with E-state index in [0.29, 0.717) is 23.9 Å². The molecule has 4 nitrogen and oxygen atoms in total. The van der Waals surface area contributed by atoms with Gasteiger partial charge in [0.1, 0.15) is 0 Å². The van der Waals surface area contributed by atoms with Crippen molar-refractivity contribution >= 4 is 18.1 Å². The molecule has 122 valence electrons. The number of piperidine rings is 1.